The normalized spacial score (nSPS) is 10.0. The van der Waals surface area contributed by atoms with Gasteiger partial charge in [0.1, 0.15) is 0 Å². The first-order chi connectivity index (χ1) is 9.63. The van der Waals surface area contributed by atoms with Gasteiger partial charge in [-0.2, -0.15) is 0 Å². The maximum atomic E-state index is 11.6. The number of hydrogen-bond donors (Lipinski definition) is 3. The molecular weight excluding hydrogens is 278 g/mol. The molecule has 0 saturated carbocycles. The van der Waals surface area contributed by atoms with Gasteiger partial charge < -0.3 is 15.7 Å². The van der Waals surface area contributed by atoms with Gasteiger partial charge in [0.2, 0.25) is 0 Å². The molecule has 2 rings (SSSR count). The zero-order chi connectivity index (χ0) is 14.4. The number of rotatable bonds is 5. The van der Waals surface area contributed by atoms with Crippen LogP contribution in [0.3, 0.4) is 0 Å². The number of aliphatic carboxylic acids is 1. The molecule has 1 heterocycles. The summed E-state index contributed by atoms with van der Waals surface area (Å²) >= 11 is 1.47. The fraction of sp³-hybridized carbons (Fsp3) is 0.154. The highest BCUT2D eigenvalue weighted by Gasteiger charge is 2.04. The molecule has 1 aromatic carbocycles. The minimum absolute atomic E-state index is 0.0299. The number of carboxylic acid groups (broad SMARTS) is 1. The minimum atomic E-state index is -0.881. The quantitative estimate of drug-likeness (QED) is 0.786. The molecule has 0 aliphatic carbocycles. The summed E-state index contributed by atoms with van der Waals surface area (Å²) in [6, 6.07) is 6.37. The van der Waals surface area contributed by atoms with Crippen LogP contribution in [0, 0.1) is 0 Å². The molecular formula is C13H13N3O3S. The molecule has 7 heteroatoms. The van der Waals surface area contributed by atoms with E-state index in [0.717, 1.165) is 4.88 Å². The van der Waals surface area contributed by atoms with Crippen molar-refractivity contribution in [2.24, 2.45) is 0 Å². The zero-order valence-electron chi connectivity index (χ0n) is 10.5. The van der Waals surface area contributed by atoms with E-state index in [0.29, 0.717) is 17.8 Å². The van der Waals surface area contributed by atoms with Crippen LogP contribution in [-0.2, 0) is 17.8 Å². The Morgan fingerprint density at radius 3 is 2.60 bits per heavy atom. The molecule has 0 radical (unpaired) electrons. The van der Waals surface area contributed by atoms with Gasteiger partial charge in [0.05, 0.1) is 18.5 Å². The molecule has 2 aromatic rings. The number of urea groups is 1. The monoisotopic (exact) mass is 291 g/mol. The van der Waals surface area contributed by atoms with Crippen molar-refractivity contribution in [1.29, 1.82) is 0 Å². The van der Waals surface area contributed by atoms with E-state index in [1.54, 1.807) is 36.0 Å². The largest absolute Gasteiger partial charge is 0.481 e. The Labute approximate surface area is 119 Å². The minimum Gasteiger partial charge on any atom is -0.481 e. The van der Waals surface area contributed by atoms with Gasteiger partial charge in [-0.25, -0.2) is 4.79 Å². The number of anilines is 1. The Hall–Kier alpha value is -2.41. The number of nitrogens with zero attached hydrogens (tertiary/aromatic N) is 1. The number of benzene rings is 1. The summed E-state index contributed by atoms with van der Waals surface area (Å²) in [4.78, 5) is 27.1. The third-order valence-electron chi connectivity index (χ3n) is 2.47. The number of amides is 2. The molecule has 20 heavy (non-hydrogen) atoms. The predicted molar refractivity (Wildman–Crippen MR) is 75.8 cm³/mol. The highest BCUT2D eigenvalue weighted by Crippen LogP contribution is 2.10. The van der Waals surface area contributed by atoms with Crippen molar-refractivity contribution in [3.8, 4) is 0 Å². The van der Waals surface area contributed by atoms with Gasteiger partial charge >= 0.3 is 12.0 Å². The van der Waals surface area contributed by atoms with E-state index in [2.05, 4.69) is 15.6 Å². The second kappa shape index (κ2) is 6.67. The number of carboxylic acids is 1. The summed E-state index contributed by atoms with van der Waals surface area (Å²) in [7, 11) is 0. The first-order valence-electron chi connectivity index (χ1n) is 5.86. The molecule has 0 bridgehead atoms. The SMILES string of the molecule is O=C(O)Cc1ccc(NC(=O)NCc2cncs2)cc1. The number of nitrogens with one attached hydrogen (secondary N) is 2. The van der Waals surface area contributed by atoms with E-state index in [9.17, 15) is 9.59 Å². The molecule has 0 spiro atoms. The Balaban J connectivity index is 1.83. The summed E-state index contributed by atoms with van der Waals surface area (Å²) < 4.78 is 0. The third kappa shape index (κ3) is 4.36. The predicted octanol–water partition coefficient (Wildman–Crippen LogP) is 2.09. The summed E-state index contributed by atoms with van der Waals surface area (Å²) in [6.07, 6.45) is 1.67. The van der Waals surface area contributed by atoms with Gasteiger partial charge in [0.25, 0.3) is 0 Å². The Kier molecular flexibility index (Phi) is 4.67. The maximum Gasteiger partial charge on any atom is 0.319 e. The lowest BCUT2D eigenvalue weighted by molar-refractivity contribution is -0.136. The van der Waals surface area contributed by atoms with Gasteiger partial charge in [-0.3, -0.25) is 9.78 Å². The third-order valence-corrected chi connectivity index (χ3v) is 3.25. The van der Waals surface area contributed by atoms with Crippen LogP contribution < -0.4 is 10.6 Å². The van der Waals surface area contributed by atoms with Crippen molar-refractivity contribution in [1.82, 2.24) is 10.3 Å². The fourth-order valence-electron chi connectivity index (χ4n) is 1.55. The number of hydrogen-bond acceptors (Lipinski definition) is 4. The van der Waals surface area contributed by atoms with Crippen LogP contribution >= 0.6 is 11.3 Å². The van der Waals surface area contributed by atoms with Crippen LogP contribution in [0.5, 0.6) is 0 Å². The van der Waals surface area contributed by atoms with Crippen molar-refractivity contribution in [3.63, 3.8) is 0 Å². The lowest BCUT2D eigenvalue weighted by Crippen LogP contribution is -2.27. The van der Waals surface area contributed by atoms with Crippen LogP contribution in [0.4, 0.5) is 10.5 Å². The highest BCUT2D eigenvalue weighted by molar-refractivity contribution is 7.09. The summed E-state index contributed by atoms with van der Waals surface area (Å²) in [5, 5.41) is 14.0. The molecule has 6 nitrogen and oxygen atoms in total. The van der Waals surface area contributed by atoms with Gasteiger partial charge in [-0.1, -0.05) is 12.1 Å². The van der Waals surface area contributed by atoms with E-state index in [1.807, 2.05) is 0 Å². The molecule has 1 aromatic heterocycles. The lowest BCUT2D eigenvalue weighted by atomic mass is 10.1. The zero-order valence-corrected chi connectivity index (χ0v) is 11.3. The van der Waals surface area contributed by atoms with E-state index in [-0.39, 0.29) is 12.5 Å². The Bertz CT molecular complexity index is 581. The number of aromatic nitrogens is 1. The van der Waals surface area contributed by atoms with Crippen molar-refractivity contribution in [2.45, 2.75) is 13.0 Å². The van der Waals surface area contributed by atoms with E-state index < -0.39 is 5.97 Å². The molecule has 0 atom stereocenters. The lowest BCUT2D eigenvalue weighted by Gasteiger charge is -2.07. The van der Waals surface area contributed by atoms with Crippen molar-refractivity contribution in [3.05, 3.63) is 46.4 Å². The molecule has 0 aliphatic heterocycles. The molecule has 2 amide bonds. The van der Waals surface area contributed by atoms with Crippen LogP contribution in [0.15, 0.2) is 36.0 Å². The Morgan fingerprint density at radius 1 is 1.25 bits per heavy atom. The smallest absolute Gasteiger partial charge is 0.319 e. The maximum absolute atomic E-state index is 11.6. The van der Waals surface area contributed by atoms with Gasteiger partial charge in [-0.15, -0.1) is 11.3 Å². The van der Waals surface area contributed by atoms with Crippen molar-refractivity contribution < 1.29 is 14.7 Å². The van der Waals surface area contributed by atoms with Gasteiger partial charge in [0, 0.05) is 16.8 Å². The second-order valence-electron chi connectivity index (χ2n) is 4.04. The van der Waals surface area contributed by atoms with Gasteiger partial charge in [0.15, 0.2) is 0 Å². The van der Waals surface area contributed by atoms with Crippen LogP contribution in [0.1, 0.15) is 10.4 Å². The summed E-state index contributed by atoms with van der Waals surface area (Å²) in [5.74, 6) is -0.881. The average molecular weight is 291 g/mol. The van der Waals surface area contributed by atoms with Crippen LogP contribution in [0.2, 0.25) is 0 Å². The average Bonchev–Trinajstić information content (AvgIpc) is 2.91. The first kappa shape index (κ1) is 14.0. The van der Waals surface area contributed by atoms with Crippen molar-refractivity contribution in [2.75, 3.05) is 5.32 Å². The van der Waals surface area contributed by atoms with Gasteiger partial charge in [-0.05, 0) is 17.7 Å². The summed E-state index contributed by atoms with van der Waals surface area (Å²) in [6.45, 7) is 0.424. The van der Waals surface area contributed by atoms with E-state index in [1.165, 1.54) is 11.3 Å². The number of carbonyl (C=O) groups excluding carboxylic acids is 1. The number of carbonyl (C=O) groups is 2. The molecule has 104 valence electrons. The standard InChI is InChI=1S/C13H13N3O3S/c17-12(18)5-9-1-3-10(4-2-9)16-13(19)15-7-11-6-14-8-20-11/h1-4,6,8H,5,7H2,(H,17,18)(H2,15,16,19). The topological polar surface area (TPSA) is 91.3 Å². The fourth-order valence-corrected chi connectivity index (χ4v) is 2.09. The van der Waals surface area contributed by atoms with E-state index >= 15 is 0 Å². The van der Waals surface area contributed by atoms with Crippen LogP contribution in [0.25, 0.3) is 0 Å². The molecule has 0 saturated heterocycles. The molecule has 0 fully saturated rings. The highest BCUT2D eigenvalue weighted by atomic mass is 32.1. The van der Waals surface area contributed by atoms with E-state index in [4.69, 9.17) is 5.11 Å². The first-order valence-corrected chi connectivity index (χ1v) is 6.74. The molecule has 0 aliphatic rings. The second-order valence-corrected chi connectivity index (χ2v) is 5.01. The molecule has 3 N–H and O–H groups in total. The Morgan fingerprint density at radius 2 is 2.00 bits per heavy atom. The van der Waals surface area contributed by atoms with Crippen LogP contribution in [-0.4, -0.2) is 22.1 Å². The number of thiazole rings is 1. The van der Waals surface area contributed by atoms with Crippen molar-refractivity contribution >= 4 is 29.0 Å². The summed E-state index contributed by atoms with van der Waals surface area (Å²) in [5.41, 5.74) is 3.00. The molecule has 0 unspecified atom stereocenters.